The van der Waals surface area contributed by atoms with Crippen molar-refractivity contribution >= 4 is 28.9 Å². The zero-order chi connectivity index (χ0) is 31.7. The minimum absolute atomic E-state index is 0.137. The number of rotatable bonds is 8. The number of carbonyl (C=O) groups excluding carboxylic acids is 1. The van der Waals surface area contributed by atoms with Gasteiger partial charge in [0.05, 0.1) is 0 Å². The van der Waals surface area contributed by atoms with E-state index < -0.39 is 0 Å². The van der Waals surface area contributed by atoms with Crippen LogP contribution in [0.5, 0.6) is 17.4 Å². The van der Waals surface area contributed by atoms with Gasteiger partial charge < -0.3 is 25.0 Å². The molecule has 0 bridgehead atoms. The number of carbonyl (C=O) groups is 1. The Labute approximate surface area is 265 Å². The molecular weight excluding hydrogens is 564 g/mol. The SMILES string of the molecule is Cc1cccc(C)c1NC(=O)c1cnc(Nc2ccc(N3CCN(C(C)C)CC3)cc2)nc1Oc1cccc2c1OC(C)(C)C2. The van der Waals surface area contributed by atoms with Gasteiger partial charge in [-0.15, -0.1) is 0 Å². The Morgan fingerprint density at radius 1 is 0.956 bits per heavy atom. The lowest BCUT2D eigenvalue weighted by Crippen LogP contribution is -2.48. The Hall–Kier alpha value is -4.63. The predicted octanol–water partition coefficient (Wildman–Crippen LogP) is 7.13. The average Bonchev–Trinajstić information content (AvgIpc) is 3.34. The standard InChI is InChI=1S/C36H42N6O3/c1-23(2)41-17-19-42(20-18-41)28-15-13-27(14-16-28)38-35-37-22-29(33(43)39-31-24(3)9-7-10-25(31)4)34(40-35)44-30-12-8-11-26-21-36(5,6)45-32(26)30/h7-16,22-23H,17-21H2,1-6H3,(H,39,43)(H,37,38,40). The Morgan fingerprint density at radius 2 is 1.64 bits per heavy atom. The van der Waals surface area contributed by atoms with Gasteiger partial charge in [-0.25, -0.2) is 4.98 Å². The number of ether oxygens (including phenoxy) is 2. The van der Waals surface area contributed by atoms with Crippen molar-refractivity contribution in [3.8, 4) is 17.4 Å². The van der Waals surface area contributed by atoms with Gasteiger partial charge in [-0.3, -0.25) is 9.69 Å². The van der Waals surface area contributed by atoms with Crippen LogP contribution in [0.2, 0.25) is 0 Å². The highest BCUT2D eigenvalue weighted by atomic mass is 16.5. The summed E-state index contributed by atoms with van der Waals surface area (Å²) in [5.41, 5.74) is 5.63. The van der Waals surface area contributed by atoms with E-state index in [9.17, 15) is 4.79 Å². The molecule has 234 valence electrons. The van der Waals surface area contributed by atoms with E-state index >= 15 is 0 Å². The lowest BCUT2D eigenvalue weighted by molar-refractivity contribution is 0.102. The number of aromatic nitrogens is 2. The topological polar surface area (TPSA) is 91.9 Å². The summed E-state index contributed by atoms with van der Waals surface area (Å²) >= 11 is 0. The van der Waals surface area contributed by atoms with Gasteiger partial charge in [0.1, 0.15) is 11.2 Å². The Kier molecular flexibility index (Phi) is 8.38. The highest BCUT2D eigenvalue weighted by Crippen LogP contribution is 2.43. The van der Waals surface area contributed by atoms with Crippen LogP contribution in [-0.4, -0.2) is 58.6 Å². The summed E-state index contributed by atoms with van der Waals surface area (Å²) in [5.74, 6) is 1.27. The Bertz CT molecular complexity index is 1670. The second-order valence-corrected chi connectivity index (χ2v) is 12.8. The monoisotopic (exact) mass is 606 g/mol. The lowest BCUT2D eigenvalue weighted by Gasteiger charge is -2.38. The van der Waals surface area contributed by atoms with Crippen LogP contribution in [-0.2, 0) is 6.42 Å². The molecule has 4 aromatic rings. The summed E-state index contributed by atoms with van der Waals surface area (Å²) < 4.78 is 12.6. The summed E-state index contributed by atoms with van der Waals surface area (Å²) in [4.78, 5) is 27.8. The molecule has 2 N–H and O–H groups in total. The van der Waals surface area contributed by atoms with Crippen LogP contribution in [0.4, 0.5) is 23.0 Å². The predicted molar refractivity (Wildman–Crippen MR) is 179 cm³/mol. The van der Waals surface area contributed by atoms with Crippen molar-refractivity contribution in [3.05, 3.63) is 89.1 Å². The van der Waals surface area contributed by atoms with Crippen molar-refractivity contribution in [1.82, 2.24) is 14.9 Å². The van der Waals surface area contributed by atoms with Gasteiger partial charge in [-0.2, -0.15) is 4.98 Å². The second-order valence-electron chi connectivity index (χ2n) is 12.8. The van der Waals surface area contributed by atoms with E-state index in [1.54, 1.807) is 0 Å². The molecule has 45 heavy (non-hydrogen) atoms. The van der Waals surface area contributed by atoms with E-state index in [2.05, 4.69) is 51.4 Å². The van der Waals surface area contributed by atoms with Gasteiger partial charge in [-0.05, 0) is 83.0 Å². The van der Waals surface area contributed by atoms with Crippen molar-refractivity contribution < 1.29 is 14.3 Å². The molecule has 1 amide bonds. The molecule has 0 unspecified atom stereocenters. The van der Waals surface area contributed by atoms with E-state index in [4.69, 9.17) is 14.5 Å². The molecule has 3 aromatic carbocycles. The number of fused-ring (bicyclic) bond motifs is 1. The number of benzene rings is 3. The zero-order valence-corrected chi connectivity index (χ0v) is 27.0. The van der Waals surface area contributed by atoms with Crippen molar-refractivity contribution in [3.63, 3.8) is 0 Å². The van der Waals surface area contributed by atoms with Gasteiger partial charge in [0, 0.05) is 67.5 Å². The third-order valence-electron chi connectivity index (χ3n) is 8.51. The maximum atomic E-state index is 13.7. The van der Waals surface area contributed by atoms with Crippen molar-refractivity contribution in [2.24, 2.45) is 0 Å². The highest BCUT2D eigenvalue weighted by molar-refractivity contribution is 6.06. The minimum Gasteiger partial charge on any atom is -0.483 e. The number of anilines is 4. The Morgan fingerprint density at radius 3 is 2.33 bits per heavy atom. The average molecular weight is 607 g/mol. The summed E-state index contributed by atoms with van der Waals surface area (Å²) in [6, 6.07) is 20.5. The number of hydrogen-bond donors (Lipinski definition) is 2. The molecule has 0 atom stereocenters. The number of nitrogens with zero attached hydrogens (tertiary/aromatic N) is 4. The van der Waals surface area contributed by atoms with E-state index in [0.29, 0.717) is 23.5 Å². The molecule has 2 aliphatic heterocycles. The van der Waals surface area contributed by atoms with Gasteiger partial charge in [0.2, 0.25) is 11.8 Å². The van der Waals surface area contributed by atoms with Crippen LogP contribution >= 0.6 is 0 Å². The van der Waals surface area contributed by atoms with Crippen molar-refractivity contribution in [1.29, 1.82) is 0 Å². The van der Waals surface area contributed by atoms with Crippen molar-refractivity contribution in [2.75, 3.05) is 41.7 Å². The Balaban J connectivity index is 1.26. The highest BCUT2D eigenvalue weighted by Gasteiger charge is 2.33. The molecular formula is C36H42N6O3. The zero-order valence-electron chi connectivity index (χ0n) is 27.0. The maximum Gasteiger partial charge on any atom is 0.262 e. The first-order chi connectivity index (χ1) is 21.6. The number of aryl methyl sites for hydroxylation is 2. The van der Waals surface area contributed by atoms with Crippen LogP contribution in [0, 0.1) is 13.8 Å². The molecule has 9 heteroatoms. The molecule has 1 saturated heterocycles. The molecule has 1 fully saturated rings. The fraction of sp³-hybridized carbons (Fsp3) is 0.361. The first-order valence-corrected chi connectivity index (χ1v) is 15.7. The normalized spacial score (nSPS) is 15.8. The van der Waals surface area contributed by atoms with Crippen molar-refractivity contribution in [2.45, 2.75) is 59.6 Å². The van der Waals surface area contributed by atoms with Gasteiger partial charge >= 0.3 is 0 Å². The molecule has 0 saturated carbocycles. The number of amides is 1. The molecule has 2 aliphatic rings. The number of nitrogens with one attached hydrogen (secondary N) is 2. The van der Waals surface area contributed by atoms with Crippen LogP contribution < -0.4 is 25.0 Å². The lowest BCUT2D eigenvalue weighted by atomic mass is 10.0. The maximum absolute atomic E-state index is 13.7. The summed E-state index contributed by atoms with van der Waals surface area (Å²) in [6.45, 7) is 16.6. The van der Waals surface area contributed by atoms with Gasteiger partial charge in [0.15, 0.2) is 11.5 Å². The van der Waals surface area contributed by atoms with E-state index in [1.807, 2.05) is 76.2 Å². The van der Waals surface area contributed by atoms with Crippen LogP contribution in [0.15, 0.2) is 66.9 Å². The largest absolute Gasteiger partial charge is 0.483 e. The molecule has 0 spiro atoms. The fourth-order valence-corrected chi connectivity index (χ4v) is 6.01. The van der Waals surface area contributed by atoms with Gasteiger partial charge in [0.25, 0.3) is 5.91 Å². The van der Waals surface area contributed by atoms with Gasteiger partial charge in [-0.1, -0.05) is 30.3 Å². The minimum atomic E-state index is -0.357. The first kappa shape index (κ1) is 30.4. The van der Waals surface area contributed by atoms with Crippen LogP contribution in [0.1, 0.15) is 54.7 Å². The van der Waals surface area contributed by atoms with E-state index in [0.717, 1.165) is 60.7 Å². The summed E-state index contributed by atoms with van der Waals surface area (Å²) in [7, 11) is 0. The molecule has 1 aromatic heterocycles. The van der Waals surface area contributed by atoms with E-state index in [1.165, 1.54) is 11.9 Å². The smallest absolute Gasteiger partial charge is 0.262 e. The third kappa shape index (κ3) is 6.73. The number of para-hydroxylation sites is 2. The molecule has 9 nitrogen and oxygen atoms in total. The quantitative estimate of drug-likeness (QED) is 0.219. The fourth-order valence-electron chi connectivity index (χ4n) is 6.01. The number of piperazine rings is 1. The van der Waals surface area contributed by atoms with E-state index in [-0.39, 0.29) is 23.0 Å². The molecule has 3 heterocycles. The molecule has 0 radical (unpaired) electrons. The summed E-state index contributed by atoms with van der Waals surface area (Å²) in [6.07, 6.45) is 2.27. The number of hydrogen-bond acceptors (Lipinski definition) is 8. The summed E-state index contributed by atoms with van der Waals surface area (Å²) in [5, 5.41) is 6.33. The molecule has 0 aliphatic carbocycles. The van der Waals surface area contributed by atoms with Crippen LogP contribution in [0.25, 0.3) is 0 Å². The molecule has 6 rings (SSSR count). The van der Waals surface area contributed by atoms with Crippen LogP contribution in [0.3, 0.4) is 0 Å². The second kappa shape index (κ2) is 12.4. The first-order valence-electron chi connectivity index (χ1n) is 15.7. The third-order valence-corrected chi connectivity index (χ3v) is 8.51.